The Labute approximate surface area is 149 Å². The number of carbonyl (C=O) groups excluding carboxylic acids is 1. The number of rotatable bonds is 5. The Bertz CT molecular complexity index is 729. The van der Waals surface area contributed by atoms with Gasteiger partial charge in [0.2, 0.25) is 0 Å². The lowest BCUT2D eigenvalue weighted by molar-refractivity contribution is 0.0630. The maximum absolute atomic E-state index is 12.9. The van der Waals surface area contributed by atoms with E-state index in [9.17, 15) is 4.79 Å². The number of nitrogens with zero attached hydrogens (tertiary/aromatic N) is 1. The van der Waals surface area contributed by atoms with Gasteiger partial charge in [-0.15, -0.1) is 0 Å². The highest BCUT2D eigenvalue weighted by molar-refractivity contribution is 5.97. The van der Waals surface area contributed by atoms with Gasteiger partial charge in [-0.1, -0.05) is 30.3 Å². The molecule has 0 aromatic heterocycles. The van der Waals surface area contributed by atoms with Crippen molar-refractivity contribution in [2.24, 2.45) is 5.92 Å². The number of ether oxygens (including phenoxy) is 2. The molecule has 0 spiro atoms. The van der Waals surface area contributed by atoms with E-state index in [0.717, 1.165) is 37.2 Å². The molecule has 1 aliphatic rings. The van der Waals surface area contributed by atoms with Gasteiger partial charge in [0.15, 0.2) is 0 Å². The molecule has 1 saturated heterocycles. The second kappa shape index (κ2) is 8.06. The molecule has 0 N–H and O–H groups in total. The molecular formula is C21H25NO3. The number of hydrogen-bond donors (Lipinski definition) is 0. The van der Waals surface area contributed by atoms with Crippen molar-refractivity contribution in [3.05, 3.63) is 59.7 Å². The van der Waals surface area contributed by atoms with E-state index in [-0.39, 0.29) is 5.91 Å². The minimum absolute atomic E-state index is 0.0399. The first-order chi connectivity index (χ1) is 12.2. The lowest BCUT2D eigenvalue weighted by Crippen LogP contribution is -2.41. The molecule has 1 aliphatic heterocycles. The molecule has 4 heteroatoms. The van der Waals surface area contributed by atoms with Crippen LogP contribution in [0.3, 0.4) is 0 Å². The zero-order valence-electron chi connectivity index (χ0n) is 14.9. The van der Waals surface area contributed by atoms with Gasteiger partial charge in [-0.25, -0.2) is 0 Å². The van der Waals surface area contributed by atoms with Crippen molar-refractivity contribution >= 4 is 5.91 Å². The first kappa shape index (κ1) is 17.3. The van der Waals surface area contributed by atoms with Crippen LogP contribution in [0.15, 0.2) is 48.5 Å². The van der Waals surface area contributed by atoms with Gasteiger partial charge in [0.1, 0.15) is 11.5 Å². The average Bonchev–Trinajstić information content (AvgIpc) is 2.67. The summed E-state index contributed by atoms with van der Waals surface area (Å²) in [6.07, 6.45) is 2.09. The van der Waals surface area contributed by atoms with Crippen molar-refractivity contribution in [2.45, 2.75) is 19.8 Å². The molecule has 0 aliphatic carbocycles. The SMILES string of the molecule is COc1ccccc1C(=O)N1CCCC(COc2ccccc2C)C1. The van der Waals surface area contributed by atoms with E-state index < -0.39 is 0 Å². The lowest BCUT2D eigenvalue weighted by atomic mass is 9.98. The minimum atomic E-state index is 0.0399. The third kappa shape index (κ3) is 4.13. The van der Waals surface area contributed by atoms with Gasteiger partial charge < -0.3 is 14.4 Å². The van der Waals surface area contributed by atoms with Crippen molar-refractivity contribution in [3.63, 3.8) is 0 Å². The van der Waals surface area contributed by atoms with E-state index in [1.165, 1.54) is 0 Å². The van der Waals surface area contributed by atoms with Crippen LogP contribution in [0, 0.1) is 12.8 Å². The number of methoxy groups -OCH3 is 1. The summed E-state index contributed by atoms with van der Waals surface area (Å²) >= 11 is 0. The topological polar surface area (TPSA) is 38.8 Å². The average molecular weight is 339 g/mol. The van der Waals surface area contributed by atoms with Gasteiger partial charge in [-0.2, -0.15) is 0 Å². The van der Waals surface area contributed by atoms with Crippen molar-refractivity contribution in [2.75, 3.05) is 26.8 Å². The Morgan fingerprint density at radius 3 is 2.60 bits per heavy atom. The molecule has 2 aromatic carbocycles. The lowest BCUT2D eigenvalue weighted by Gasteiger charge is -2.33. The first-order valence-corrected chi connectivity index (χ1v) is 8.79. The molecule has 1 amide bonds. The molecule has 1 heterocycles. The van der Waals surface area contributed by atoms with Gasteiger partial charge in [-0.3, -0.25) is 4.79 Å². The fourth-order valence-corrected chi connectivity index (χ4v) is 3.30. The van der Waals surface area contributed by atoms with Crippen LogP contribution < -0.4 is 9.47 Å². The summed E-state index contributed by atoms with van der Waals surface area (Å²) in [5.74, 6) is 1.95. The Kier molecular flexibility index (Phi) is 5.59. The van der Waals surface area contributed by atoms with Gasteiger partial charge in [0, 0.05) is 19.0 Å². The molecule has 3 rings (SSSR count). The monoisotopic (exact) mass is 339 g/mol. The predicted molar refractivity (Wildman–Crippen MR) is 98.3 cm³/mol. The number of hydrogen-bond acceptors (Lipinski definition) is 3. The van der Waals surface area contributed by atoms with Crippen LogP contribution >= 0.6 is 0 Å². The zero-order valence-corrected chi connectivity index (χ0v) is 14.9. The van der Waals surface area contributed by atoms with E-state index in [2.05, 4.69) is 0 Å². The van der Waals surface area contributed by atoms with Crippen LogP contribution in [-0.2, 0) is 0 Å². The van der Waals surface area contributed by atoms with Crippen LogP contribution in [0.4, 0.5) is 0 Å². The standard InChI is InChI=1S/C21H25NO3/c1-16-8-3-5-11-19(16)25-15-17-9-7-13-22(14-17)21(23)18-10-4-6-12-20(18)24-2/h3-6,8,10-12,17H,7,9,13-15H2,1-2H3. The van der Waals surface area contributed by atoms with E-state index in [0.29, 0.717) is 23.8 Å². The molecule has 0 radical (unpaired) electrons. The fraction of sp³-hybridized carbons (Fsp3) is 0.381. The highest BCUT2D eigenvalue weighted by Crippen LogP contribution is 2.25. The maximum atomic E-state index is 12.9. The number of para-hydroxylation sites is 2. The van der Waals surface area contributed by atoms with Crippen LogP contribution in [0.2, 0.25) is 0 Å². The highest BCUT2D eigenvalue weighted by atomic mass is 16.5. The van der Waals surface area contributed by atoms with Gasteiger partial charge in [-0.05, 0) is 43.5 Å². The zero-order chi connectivity index (χ0) is 17.6. The van der Waals surface area contributed by atoms with Crippen molar-refractivity contribution in [1.82, 2.24) is 4.90 Å². The van der Waals surface area contributed by atoms with Crippen LogP contribution in [0.5, 0.6) is 11.5 Å². The normalized spacial score (nSPS) is 17.2. The highest BCUT2D eigenvalue weighted by Gasteiger charge is 2.26. The summed E-state index contributed by atoms with van der Waals surface area (Å²) in [5, 5.41) is 0. The molecule has 4 nitrogen and oxygen atoms in total. The Morgan fingerprint density at radius 2 is 1.84 bits per heavy atom. The summed E-state index contributed by atoms with van der Waals surface area (Å²) in [6.45, 7) is 4.20. The van der Waals surface area contributed by atoms with E-state index in [1.807, 2.05) is 60.4 Å². The Morgan fingerprint density at radius 1 is 1.12 bits per heavy atom. The second-order valence-corrected chi connectivity index (χ2v) is 6.54. The largest absolute Gasteiger partial charge is 0.496 e. The predicted octanol–water partition coefficient (Wildman–Crippen LogP) is 3.93. The molecule has 0 saturated carbocycles. The number of aryl methyl sites for hydroxylation is 1. The van der Waals surface area contributed by atoms with Crippen LogP contribution in [0.25, 0.3) is 0 Å². The van der Waals surface area contributed by atoms with Gasteiger partial charge in [0.25, 0.3) is 5.91 Å². The molecule has 1 fully saturated rings. The first-order valence-electron chi connectivity index (χ1n) is 8.79. The number of amides is 1. The number of likely N-dealkylation sites (tertiary alicyclic amines) is 1. The molecule has 1 atom stereocenters. The summed E-state index contributed by atoms with van der Waals surface area (Å²) in [4.78, 5) is 14.8. The second-order valence-electron chi connectivity index (χ2n) is 6.54. The van der Waals surface area contributed by atoms with E-state index in [4.69, 9.17) is 9.47 Å². The van der Waals surface area contributed by atoms with E-state index >= 15 is 0 Å². The molecular weight excluding hydrogens is 314 g/mol. The minimum Gasteiger partial charge on any atom is -0.496 e. The third-order valence-corrected chi connectivity index (χ3v) is 4.71. The third-order valence-electron chi connectivity index (χ3n) is 4.71. The van der Waals surface area contributed by atoms with Gasteiger partial charge >= 0.3 is 0 Å². The molecule has 0 bridgehead atoms. The Balaban J connectivity index is 1.63. The molecule has 2 aromatic rings. The van der Waals surface area contributed by atoms with Gasteiger partial charge in [0.05, 0.1) is 19.3 Å². The van der Waals surface area contributed by atoms with Crippen LogP contribution in [0.1, 0.15) is 28.8 Å². The summed E-state index contributed by atoms with van der Waals surface area (Å²) in [5.41, 5.74) is 1.77. The number of piperidine rings is 1. The van der Waals surface area contributed by atoms with E-state index in [1.54, 1.807) is 7.11 Å². The number of benzene rings is 2. The Hall–Kier alpha value is -2.49. The van der Waals surface area contributed by atoms with Crippen molar-refractivity contribution in [1.29, 1.82) is 0 Å². The summed E-state index contributed by atoms with van der Waals surface area (Å²) in [7, 11) is 1.60. The van der Waals surface area contributed by atoms with Crippen molar-refractivity contribution in [3.8, 4) is 11.5 Å². The quantitative estimate of drug-likeness (QED) is 0.828. The smallest absolute Gasteiger partial charge is 0.257 e. The van der Waals surface area contributed by atoms with Crippen LogP contribution in [-0.4, -0.2) is 37.6 Å². The number of carbonyl (C=O) groups is 1. The molecule has 132 valence electrons. The fourth-order valence-electron chi connectivity index (χ4n) is 3.30. The molecule has 25 heavy (non-hydrogen) atoms. The summed E-state index contributed by atoms with van der Waals surface area (Å²) < 4.78 is 11.3. The maximum Gasteiger partial charge on any atom is 0.257 e. The molecule has 1 unspecified atom stereocenters. The van der Waals surface area contributed by atoms with Crippen molar-refractivity contribution < 1.29 is 14.3 Å². The summed E-state index contributed by atoms with van der Waals surface area (Å²) in [6, 6.07) is 15.5.